The minimum absolute atomic E-state index is 0.0184. The van der Waals surface area contributed by atoms with Crippen molar-refractivity contribution in [2.24, 2.45) is 50.2 Å². The van der Waals surface area contributed by atoms with E-state index < -0.39 is 33.5 Å². The number of carbonyl (C=O) groups excluding carboxylic acids is 4. The highest BCUT2D eigenvalue weighted by Crippen LogP contribution is 2.86. The molecule has 0 aromatic heterocycles. The van der Waals surface area contributed by atoms with Crippen molar-refractivity contribution >= 4 is 23.3 Å². The van der Waals surface area contributed by atoms with Crippen molar-refractivity contribution in [1.29, 1.82) is 0 Å². The number of rotatable bonds is 0. The molecule has 0 radical (unpaired) electrons. The van der Waals surface area contributed by atoms with Crippen LogP contribution in [-0.4, -0.2) is 29.9 Å². The second-order valence-electron chi connectivity index (χ2n) is 12.3. The molecule has 7 aliphatic rings. The molecule has 160 valence electrons. The van der Waals surface area contributed by atoms with Crippen molar-refractivity contribution in [3.05, 3.63) is 12.2 Å². The molecule has 0 amide bonds. The second-order valence-corrected chi connectivity index (χ2v) is 12.3. The van der Waals surface area contributed by atoms with Crippen molar-refractivity contribution in [1.82, 2.24) is 0 Å². The monoisotopic (exact) mass is 410 g/mol. The topological polar surface area (TPSA) is 77.5 Å². The number of esters is 1. The molecule has 1 aliphatic heterocycles. The summed E-state index contributed by atoms with van der Waals surface area (Å²) in [5.74, 6) is -0.925. The summed E-state index contributed by atoms with van der Waals surface area (Å²) in [6.07, 6.45) is 6.76. The molecule has 0 aromatic carbocycles. The van der Waals surface area contributed by atoms with Crippen LogP contribution in [0.1, 0.15) is 60.3 Å². The second kappa shape index (κ2) is 4.68. The van der Waals surface area contributed by atoms with Gasteiger partial charge in [0.25, 0.3) is 0 Å². The van der Waals surface area contributed by atoms with E-state index in [0.29, 0.717) is 12.8 Å². The molecule has 1 saturated heterocycles. The maximum absolute atomic E-state index is 13.9. The van der Waals surface area contributed by atoms with Gasteiger partial charge in [-0.1, -0.05) is 33.8 Å². The molecule has 4 bridgehead atoms. The van der Waals surface area contributed by atoms with E-state index in [1.807, 2.05) is 20.8 Å². The summed E-state index contributed by atoms with van der Waals surface area (Å²) >= 11 is 0. The van der Waals surface area contributed by atoms with Crippen molar-refractivity contribution < 1.29 is 23.9 Å². The molecule has 1 unspecified atom stereocenters. The van der Waals surface area contributed by atoms with Crippen molar-refractivity contribution in [2.45, 2.75) is 60.3 Å². The molecule has 7 rings (SSSR count). The van der Waals surface area contributed by atoms with Crippen LogP contribution >= 0.6 is 0 Å². The molecule has 8 atom stereocenters. The maximum Gasteiger partial charge on any atom is 0.317 e. The van der Waals surface area contributed by atoms with Gasteiger partial charge >= 0.3 is 5.97 Å². The highest BCUT2D eigenvalue weighted by molar-refractivity contribution is 6.20. The minimum Gasteiger partial charge on any atom is -0.464 e. The third-order valence-electron chi connectivity index (χ3n) is 11.3. The van der Waals surface area contributed by atoms with Crippen LogP contribution in [0.25, 0.3) is 0 Å². The highest BCUT2D eigenvalue weighted by Gasteiger charge is 2.90. The van der Waals surface area contributed by atoms with E-state index in [0.717, 1.165) is 12.8 Å². The molecular formula is C25H30O5. The molecule has 6 aliphatic carbocycles. The Morgan fingerprint density at radius 3 is 2.40 bits per heavy atom. The summed E-state index contributed by atoms with van der Waals surface area (Å²) in [4.78, 5) is 53.0. The van der Waals surface area contributed by atoms with Gasteiger partial charge in [-0.15, -0.1) is 0 Å². The van der Waals surface area contributed by atoms with Crippen molar-refractivity contribution in [3.8, 4) is 0 Å². The Kier molecular flexibility index (Phi) is 2.96. The van der Waals surface area contributed by atoms with Crippen LogP contribution in [0, 0.1) is 50.2 Å². The quantitative estimate of drug-likeness (QED) is 0.452. The number of hydrogen-bond donors (Lipinski definition) is 0. The first-order valence-corrected chi connectivity index (χ1v) is 11.3. The van der Waals surface area contributed by atoms with Gasteiger partial charge in [0.05, 0.1) is 12.0 Å². The number of fused-ring (bicyclic) bond motifs is 2. The molecular weight excluding hydrogens is 380 g/mol. The summed E-state index contributed by atoms with van der Waals surface area (Å²) in [6, 6.07) is 0. The van der Waals surface area contributed by atoms with E-state index in [-0.39, 0.29) is 46.6 Å². The van der Waals surface area contributed by atoms with Crippen molar-refractivity contribution in [3.63, 3.8) is 0 Å². The number of ketones is 3. The van der Waals surface area contributed by atoms with Gasteiger partial charge in [-0.3, -0.25) is 19.2 Å². The number of carbonyl (C=O) groups is 4. The lowest BCUT2D eigenvalue weighted by molar-refractivity contribution is -0.213. The molecule has 0 aromatic rings. The average Bonchev–Trinajstić information content (AvgIpc) is 3.12. The summed E-state index contributed by atoms with van der Waals surface area (Å²) < 4.78 is 5.62. The van der Waals surface area contributed by atoms with Gasteiger partial charge in [-0.2, -0.15) is 0 Å². The van der Waals surface area contributed by atoms with Gasteiger partial charge in [-0.25, -0.2) is 0 Å². The largest absolute Gasteiger partial charge is 0.464 e. The molecule has 5 saturated carbocycles. The van der Waals surface area contributed by atoms with Gasteiger partial charge in [0.1, 0.15) is 5.92 Å². The molecule has 30 heavy (non-hydrogen) atoms. The Morgan fingerprint density at radius 1 is 1.00 bits per heavy atom. The smallest absolute Gasteiger partial charge is 0.317 e. The highest BCUT2D eigenvalue weighted by atomic mass is 16.5. The molecule has 2 spiro atoms. The van der Waals surface area contributed by atoms with Crippen molar-refractivity contribution in [2.75, 3.05) is 6.61 Å². The molecule has 1 heterocycles. The van der Waals surface area contributed by atoms with Crippen LogP contribution in [-0.2, 0) is 23.9 Å². The van der Waals surface area contributed by atoms with E-state index >= 15 is 0 Å². The predicted octanol–water partition coefficient (Wildman–Crippen LogP) is 3.30. The Morgan fingerprint density at radius 2 is 1.70 bits per heavy atom. The fourth-order valence-electron chi connectivity index (χ4n) is 10.1. The molecule has 0 N–H and O–H groups in total. The summed E-state index contributed by atoms with van der Waals surface area (Å²) in [7, 11) is 0. The fraction of sp³-hybridized carbons (Fsp3) is 0.760. The van der Waals surface area contributed by atoms with Crippen LogP contribution in [0.4, 0.5) is 0 Å². The number of cyclic esters (lactones) is 1. The van der Waals surface area contributed by atoms with Gasteiger partial charge in [0.15, 0.2) is 17.3 Å². The van der Waals surface area contributed by atoms with Gasteiger partial charge < -0.3 is 4.74 Å². The molecule has 5 heteroatoms. The predicted molar refractivity (Wildman–Crippen MR) is 107 cm³/mol. The SMILES string of the molecule is CC1(C)C(=O)C=C[C@@]2(C)[C@H]1CC[C@@]13C[C@@]4(C)C(=O)[C@@H]5C(=O)OCC51[C@@](C)(C[C@@H]23)C4=O. The van der Waals surface area contributed by atoms with E-state index in [1.165, 1.54) is 0 Å². The number of Topliss-reactive ketones (excluding diaryl/α,β-unsaturated/α-hetero) is 2. The van der Waals surface area contributed by atoms with Crippen LogP contribution in [0.2, 0.25) is 0 Å². The number of hydrogen-bond acceptors (Lipinski definition) is 5. The molecule has 5 nitrogen and oxygen atoms in total. The first-order chi connectivity index (χ1) is 13.8. The Bertz CT molecular complexity index is 1010. The first-order valence-electron chi connectivity index (χ1n) is 11.3. The summed E-state index contributed by atoms with van der Waals surface area (Å²) in [5.41, 5.74) is -3.58. The minimum atomic E-state index is -1.10. The zero-order valence-corrected chi connectivity index (χ0v) is 18.5. The summed E-state index contributed by atoms with van der Waals surface area (Å²) in [6.45, 7) is 10.3. The Hall–Kier alpha value is -1.78. The van der Waals surface area contributed by atoms with Gasteiger partial charge in [0.2, 0.25) is 0 Å². The van der Waals surface area contributed by atoms with Crippen LogP contribution in [0.5, 0.6) is 0 Å². The lowest BCUT2D eigenvalue weighted by Gasteiger charge is -2.68. The van der Waals surface area contributed by atoms with E-state index in [2.05, 4.69) is 13.0 Å². The fourth-order valence-corrected chi connectivity index (χ4v) is 10.1. The maximum atomic E-state index is 13.9. The standard InChI is InChI=1S/C25H30O5/c1-20(2)13-6-9-24-11-22(4)17(27)16-18(28)30-12-25(16,24)23(5,19(22)29)10-14(24)21(13,3)8-7-15(20)26/h7-8,13-14,16H,6,9-12H2,1-5H3/t13-,14-,16+,21-,22-,23-,24-,25?/m0/s1. The first kappa shape index (κ1) is 18.9. The third-order valence-corrected chi connectivity index (χ3v) is 11.3. The third kappa shape index (κ3) is 1.45. The lowest BCUT2D eigenvalue weighted by Crippen LogP contribution is -2.74. The summed E-state index contributed by atoms with van der Waals surface area (Å²) in [5, 5.41) is 0. The lowest BCUT2D eigenvalue weighted by atomic mass is 9.31. The normalized spacial score (nSPS) is 57.2. The Labute approximate surface area is 177 Å². The molecule has 6 fully saturated rings. The van der Waals surface area contributed by atoms with E-state index in [4.69, 9.17) is 4.74 Å². The van der Waals surface area contributed by atoms with E-state index in [1.54, 1.807) is 13.0 Å². The Balaban J connectivity index is 1.64. The van der Waals surface area contributed by atoms with Crippen LogP contribution in [0.15, 0.2) is 12.2 Å². The number of allylic oxidation sites excluding steroid dienone is 2. The van der Waals surface area contributed by atoms with Gasteiger partial charge in [0, 0.05) is 16.2 Å². The zero-order chi connectivity index (χ0) is 21.7. The number of ether oxygens (including phenoxy) is 1. The zero-order valence-electron chi connectivity index (χ0n) is 18.5. The van der Waals surface area contributed by atoms with E-state index in [9.17, 15) is 19.2 Å². The van der Waals surface area contributed by atoms with Crippen LogP contribution < -0.4 is 0 Å². The van der Waals surface area contributed by atoms with Crippen LogP contribution in [0.3, 0.4) is 0 Å². The van der Waals surface area contributed by atoms with Gasteiger partial charge in [-0.05, 0) is 61.3 Å². The average molecular weight is 411 g/mol.